The Morgan fingerprint density at radius 3 is 2.76 bits per heavy atom. The fourth-order valence-corrected chi connectivity index (χ4v) is 5.79. The number of allylic oxidation sites excluding steroid dienone is 2. The summed E-state index contributed by atoms with van der Waals surface area (Å²) >= 11 is 0. The van der Waals surface area contributed by atoms with Gasteiger partial charge in [0.25, 0.3) is 0 Å². The van der Waals surface area contributed by atoms with Crippen molar-refractivity contribution < 1.29 is 13.5 Å². The van der Waals surface area contributed by atoms with E-state index in [9.17, 15) is 13.5 Å². The van der Waals surface area contributed by atoms with E-state index in [2.05, 4.69) is 0 Å². The Morgan fingerprint density at radius 1 is 1.33 bits per heavy atom. The van der Waals surface area contributed by atoms with Gasteiger partial charge in [-0.25, -0.2) is 8.42 Å². The maximum absolute atomic E-state index is 13.0. The van der Waals surface area contributed by atoms with Gasteiger partial charge < -0.3 is 10.0 Å². The van der Waals surface area contributed by atoms with Gasteiger partial charge in [0.15, 0.2) is 0 Å². The van der Waals surface area contributed by atoms with Gasteiger partial charge in [-0.1, -0.05) is 13.0 Å². The first kappa shape index (κ1) is 15.1. The van der Waals surface area contributed by atoms with E-state index < -0.39 is 10.0 Å². The lowest BCUT2D eigenvalue weighted by atomic mass is 10.00. The smallest absolute Gasteiger partial charge is 0.241 e. The summed E-state index contributed by atoms with van der Waals surface area (Å²) in [5.74, 6) is 0.404. The van der Waals surface area contributed by atoms with Crippen molar-refractivity contribution in [1.29, 1.82) is 0 Å². The van der Waals surface area contributed by atoms with Gasteiger partial charge in [-0.3, -0.25) is 0 Å². The maximum Gasteiger partial charge on any atom is 0.241 e. The minimum absolute atomic E-state index is 0.0448. The second kappa shape index (κ2) is 5.41. The fourth-order valence-electron chi connectivity index (χ4n) is 3.81. The minimum atomic E-state index is -3.43. The lowest BCUT2D eigenvalue weighted by molar-refractivity contribution is 0.129. The highest BCUT2D eigenvalue weighted by molar-refractivity contribution is 7.93. The molecule has 0 aromatic rings. The van der Waals surface area contributed by atoms with E-state index in [0.29, 0.717) is 23.9 Å². The number of hydrogen-bond acceptors (Lipinski definition) is 4. The highest BCUT2D eigenvalue weighted by Gasteiger charge is 2.46. The minimum Gasteiger partial charge on any atom is -0.393 e. The molecule has 0 amide bonds. The Bertz CT molecular complexity index is 569. The number of nitrogens with zero attached hydrogens (tertiary/aromatic N) is 2. The summed E-state index contributed by atoms with van der Waals surface area (Å²) in [5.41, 5.74) is 0. The second-order valence-corrected chi connectivity index (χ2v) is 8.38. The largest absolute Gasteiger partial charge is 0.393 e. The molecule has 2 fully saturated rings. The standard InChI is InChI=1S/C15H24N2O3S/c1-3-11-6-7-16(2)10-15(11)21(19,20)17-8-12-4-5-14(18)13(12)9-17/h6-7,10-14,18H,3-5,8-9H2,1-2H3. The van der Waals surface area contributed by atoms with Crippen LogP contribution in [0.5, 0.6) is 0 Å². The SMILES string of the molecule is CCC1C=CN(C)C=C1S(=O)(=O)N1CC2CCC(O)C2C1. The summed E-state index contributed by atoms with van der Waals surface area (Å²) in [6.45, 7) is 3.03. The predicted molar refractivity (Wildman–Crippen MR) is 81.5 cm³/mol. The van der Waals surface area contributed by atoms with Crippen molar-refractivity contribution in [2.75, 3.05) is 20.1 Å². The van der Waals surface area contributed by atoms with Crippen molar-refractivity contribution in [3.8, 4) is 0 Å². The molecule has 2 aliphatic heterocycles. The van der Waals surface area contributed by atoms with Crippen LogP contribution >= 0.6 is 0 Å². The molecule has 0 aromatic carbocycles. The Balaban J connectivity index is 1.84. The van der Waals surface area contributed by atoms with Gasteiger partial charge in [0.05, 0.1) is 11.0 Å². The average Bonchev–Trinajstić information content (AvgIpc) is 3.02. The molecule has 1 N–H and O–H groups in total. The fraction of sp³-hybridized carbons (Fsp3) is 0.733. The van der Waals surface area contributed by atoms with Crippen LogP contribution in [0.15, 0.2) is 23.4 Å². The van der Waals surface area contributed by atoms with Gasteiger partial charge in [-0.2, -0.15) is 4.31 Å². The number of sulfonamides is 1. The number of aliphatic hydroxyl groups is 1. The highest BCUT2D eigenvalue weighted by Crippen LogP contribution is 2.41. The van der Waals surface area contributed by atoms with E-state index in [4.69, 9.17) is 0 Å². The van der Waals surface area contributed by atoms with Crippen molar-refractivity contribution in [2.45, 2.75) is 32.3 Å². The van der Waals surface area contributed by atoms with Crippen molar-refractivity contribution in [1.82, 2.24) is 9.21 Å². The van der Waals surface area contributed by atoms with Gasteiger partial charge in [0.2, 0.25) is 10.0 Å². The van der Waals surface area contributed by atoms with Crippen LogP contribution in [0.1, 0.15) is 26.2 Å². The van der Waals surface area contributed by atoms with Crippen molar-refractivity contribution in [2.24, 2.45) is 17.8 Å². The molecular formula is C15H24N2O3S. The summed E-state index contributed by atoms with van der Waals surface area (Å²) in [4.78, 5) is 2.29. The summed E-state index contributed by atoms with van der Waals surface area (Å²) in [6.07, 6.45) is 7.80. The predicted octanol–water partition coefficient (Wildman–Crippen LogP) is 1.35. The molecule has 0 radical (unpaired) electrons. The van der Waals surface area contributed by atoms with E-state index in [-0.39, 0.29) is 17.9 Å². The zero-order valence-corrected chi connectivity index (χ0v) is 13.5. The molecule has 2 heterocycles. The molecule has 0 spiro atoms. The summed E-state index contributed by atoms with van der Waals surface area (Å²) in [6, 6.07) is 0. The van der Waals surface area contributed by atoms with Crippen LogP contribution < -0.4 is 0 Å². The number of aliphatic hydroxyl groups excluding tert-OH is 1. The molecular weight excluding hydrogens is 288 g/mol. The third kappa shape index (κ3) is 2.53. The molecule has 1 saturated heterocycles. The first-order valence-corrected chi connectivity index (χ1v) is 9.17. The van der Waals surface area contributed by atoms with Crippen LogP contribution in [-0.4, -0.2) is 49.0 Å². The second-order valence-electron chi connectivity index (χ2n) is 6.44. The van der Waals surface area contributed by atoms with E-state index in [1.807, 2.05) is 26.2 Å². The highest BCUT2D eigenvalue weighted by atomic mass is 32.2. The zero-order valence-electron chi connectivity index (χ0n) is 12.6. The molecule has 1 saturated carbocycles. The Kier molecular flexibility index (Phi) is 3.88. The van der Waals surface area contributed by atoms with Crippen LogP contribution in [0.25, 0.3) is 0 Å². The lowest BCUT2D eigenvalue weighted by Crippen LogP contribution is -2.35. The monoisotopic (exact) mass is 312 g/mol. The van der Waals surface area contributed by atoms with Gasteiger partial charge in [-0.05, 0) is 31.4 Å². The Hall–Kier alpha value is -0.850. The van der Waals surface area contributed by atoms with Gasteiger partial charge in [0, 0.05) is 38.2 Å². The van der Waals surface area contributed by atoms with Crippen molar-refractivity contribution in [3.05, 3.63) is 23.4 Å². The van der Waals surface area contributed by atoms with Crippen LogP contribution in [-0.2, 0) is 10.0 Å². The zero-order chi connectivity index (χ0) is 15.2. The maximum atomic E-state index is 13.0. The molecule has 1 aliphatic carbocycles. The third-order valence-corrected chi connectivity index (χ3v) is 7.09. The summed E-state index contributed by atoms with van der Waals surface area (Å²) in [5, 5.41) is 9.98. The first-order chi connectivity index (χ1) is 9.93. The van der Waals surface area contributed by atoms with Crippen LogP contribution in [0, 0.1) is 17.8 Å². The quantitative estimate of drug-likeness (QED) is 0.854. The molecule has 4 atom stereocenters. The molecule has 0 bridgehead atoms. The Labute approximate surface area is 127 Å². The first-order valence-electron chi connectivity index (χ1n) is 7.73. The van der Waals surface area contributed by atoms with Crippen LogP contribution in [0.3, 0.4) is 0 Å². The number of fused-ring (bicyclic) bond motifs is 1. The molecule has 3 aliphatic rings. The van der Waals surface area contributed by atoms with E-state index in [1.54, 1.807) is 15.4 Å². The van der Waals surface area contributed by atoms with Gasteiger partial charge >= 0.3 is 0 Å². The van der Waals surface area contributed by atoms with E-state index >= 15 is 0 Å². The van der Waals surface area contributed by atoms with E-state index in [1.165, 1.54) is 0 Å². The molecule has 3 rings (SSSR count). The van der Waals surface area contributed by atoms with Crippen molar-refractivity contribution >= 4 is 10.0 Å². The third-order valence-electron chi connectivity index (χ3n) is 5.11. The molecule has 118 valence electrons. The summed E-state index contributed by atoms with van der Waals surface area (Å²) < 4.78 is 27.5. The van der Waals surface area contributed by atoms with Crippen LogP contribution in [0.4, 0.5) is 0 Å². The summed E-state index contributed by atoms with van der Waals surface area (Å²) in [7, 11) is -1.58. The topological polar surface area (TPSA) is 60.9 Å². The molecule has 6 heteroatoms. The Morgan fingerprint density at radius 2 is 2.10 bits per heavy atom. The molecule has 4 unspecified atom stereocenters. The number of rotatable bonds is 3. The average molecular weight is 312 g/mol. The molecule has 5 nitrogen and oxygen atoms in total. The number of hydrogen-bond donors (Lipinski definition) is 1. The normalized spacial score (nSPS) is 36.9. The van der Waals surface area contributed by atoms with E-state index in [0.717, 1.165) is 19.3 Å². The molecule has 0 aromatic heterocycles. The van der Waals surface area contributed by atoms with Crippen molar-refractivity contribution in [3.63, 3.8) is 0 Å². The van der Waals surface area contributed by atoms with Gasteiger partial charge in [0.1, 0.15) is 0 Å². The van der Waals surface area contributed by atoms with Crippen LogP contribution in [0.2, 0.25) is 0 Å². The molecule has 21 heavy (non-hydrogen) atoms. The van der Waals surface area contributed by atoms with Gasteiger partial charge in [-0.15, -0.1) is 0 Å². The lowest BCUT2D eigenvalue weighted by Gasteiger charge is -2.27.